The first-order valence-corrected chi connectivity index (χ1v) is 7.39. The van der Waals surface area contributed by atoms with E-state index in [1.807, 2.05) is 13.8 Å². The van der Waals surface area contributed by atoms with Gasteiger partial charge >= 0.3 is 0 Å². The quantitative estimate of drug-likeness (QED) is 0.440. The van der Waals surface area contributed by atoms with Crippen LogP contribution in [0.15, 0.2) is 0 Å². The fraction of sp³-hybridized carbons (Fsp3) is 0.857. The Kier molecular flexibility index (Phi) is 11.0. The summed E-state index contributed by atoms with van der Waals surface area (Å²) in [6.45, 7) is 4.80. The lowest BCUT2D eigenvalue weighted by molar-refractivity contribution is -0.126. The summed E-state index contributed by atoms with van der Waals surface area (Å²) in [5.74, 6) is -0.312. The Labute approximate surface area is 120 Å². The van der Waals surface area contributed by atoms with E-state index in [0.29, 0.717) is 32.4 Å². The van der Waals surface area contributed by atoms with E-state index in [-0.39, 0.29) is 24.7 Å². The highest BCUT2D eigenvalue weighted by Crippen LogP contribution is 2.04. The molecule has 0 aromatic heterocycles. The molecule has 0 radical (unpaired) electrons. The molecule has 0 aliphatic rings. The van der Waals surface area contributed by atoms with Gasteiger partial charge in [0.1, 0.15) is 0 Å². The topological polar surface area (TPSA) is 98.7 Å². The Bertz CT molecular complexity index is 284. The van der Waals surface area contributed by atoms with Crippen LogP contribution < -0.4 is 10.6 Å². The second-order valence-corrected chi connectivity index (χ2v) is 4.94. The van der Waals surface area contributed by atoms with E-state index < -0.39 is 12.2 Å². The number of rotatable bonds is 11. The molecule has 0 saturated heterocycles. The minimum atomic E-state index is -0.613. The summed E-state index contributed by atoms with van der Waals surface area (Å²) in [4.78, 5) is 22.7. The van der Waals surface area contributed by atoms with Gasteiger partial charge in [0, 0.05) is 25.9 Å². The average Bonchev–Trinajstić information content (AvgIpc) is 2.42. The molecule has 0 aromatic carbocycles. The van der Waals surface area contributed by atoms with Gasteiger partial charge in [0.25, 0.3) is 0 Å². The van der Waals surface area contributed by atoms with Gasteiger partial charge in [0.2, 0.25) is 11.8 Å². The van der Waals surface area contributed by atoms with Gasteiger partial charge in [-0.2, -0.15) is 0 Å². The summed E-state index contributed by atoms with van der Waals surface area (Å²) in [7, 11) is 0. The molecule has 20 heavy (non-hydrogen) atoms. The van der Waals surface area contributed by atoms with Crippen LogP contribution in [0.25, 0.3) is 0 Å². The number of amides is 2. The fourth-order valence-electron chi connectivity index (χ4n) is 1.65. The molecule has 0 aliphatic heterocycles. The van der Waals surface area contributed by atoms with Gasteiger partial charge in [-0.1, -0.05) is 13.8 Å². The molecule has 4 N–H and O–H groups in total. The molecular formula is C14H28N2O4. The van der Waals surface area contributed by atoms with Gasteiger partial charge in [0.15, 0.2) is 0 Å². The van der Waals surface area contributed by atoms with Crippen LogP contribution in [0.2, 0.25) is 0 Å². The Morgan fingerprint density at radius 1 is 0.950 bits per heavy atom. The first-order chi connectivity index (χ1) is 9.49. The van der Waals surface area contributed by atoms with Crippen LogP contribution in [-0.4, -0.2) is 47.3 Å². The van der Waals surface area contributed by atoms with Gasteiger partial charge in [-0.3, -0.25) is 9.59 Å². The van der Waals surface area contributed by atoms with Crippen molar-refractivity contribution in [2.75, 3.05) is 13.1 Å². The second kappa shape index (κ2) is 11.7. The second-order valence-electron chi connectivity index (χ2n) is 4.94. The Balaban J connectivity index is 3.60. The summed E-state index contributed by atoms with van der Waals surface area (Å²) in [5.41, 5.74) is 0. The molecule has 0 bridgehead atoms. The summed E-state index contributed by atoms with van der Waals surface area (Å²) in [5, 5.41) is 24.3. The summed E-state index contributed by atoms with van der Waals surface area (Å²) in [6.07, 6.45) is 1.44. The molecule has 0 saturated carbocycles. The lowest BCUT2D eigenvalue weighted by Gasteiger charge is -2.14. The number of aliphatic hydroxyl groups is 2. The molecule has 0 aliphatic carbocycles. The van der Waals surface area contributed by atoms with Gasteiger partial charge in [-0.15, -0.1) is 0 Å². The number of hydrogen-bond donors (Lipinski definition) is 4. The van der Waals surface area contributed by atoms with E-state index in [9.17, 15) is 19.8 Å². The van der Waals surface area contributed by atoms with Crippen molar-refractivity contribution in [2.24, 2.45) is 0 Å². The Morgan fingerprint density at radius 3 is 2.00 bits per heavy atom. The van der Waals surface area contributed by atoms with E-state index in [1.165, 1.54) is 0 Å². The molecular weight excluding hydrogens is 260 g/mol. The van der Waals surface area contributed by atoms with Crippen molar-refractivity contribution in [3.63, 3.8) is 0 Å². The molecule has 0 rings (SSSR count). The first kappa shape index (κ1) is 18.9. The molecule has 2 amide bonds. The molecule has 0 aromatic rings. The van der Waals surface area contributed by atoms with Crippen molar-refractivity contribution in [3.05, 3.63) is 0 Å². The average molecular weight is 288 g/mol. The van der Waals surface area contributed by atoms with E-state index in [2.05, 4.69) is 10.6 Å². The monoisotopic (exact) mass is 288 g/mol. The highest BCUT2D eigenvalue weighted by atomic mass is 16.3. The summed E-state index contributed by atoms with van der Waals surface area (Å²) >= 11 is 0. The number of carbonyl (C=O) groups excluding carboxylic acids is 2. The minimum absolute atomic E-state index is 0.117. The number of hydrogen-bond acceptors (Lipinski definition) is 4. The van der Waals surface area contributed by atoms with Crippen LogP contribution >= 0.6 is 0 Å². The third-order valence-electron chi connectivity index (χ3n) is 2.97. The van der Waals surface area contributed by atoms with Gasteiger partial charge < -0.3 is 20.8 Å². The highest BCUT2D eigenvalue weighted by Gasteiger charge is 2.11. The van der Waals surface area contributed by atoms with E-state index >= 15 is 0 Å². The predicted molar refractivity (Wildman–Crippen MR) is 77.1 cm³/mol. The molecule has 6 heteroatoms. The molecule has 118 valence electrons. The maximum absolute atomic E-state index is 11.5. The van der Waals surface area contributed by atoms with Crippen LogP contribution in [0.5, 0.6) is 0 Å². The molecule has 0 heterocycles. The zero-order valence-corrected chi connectivity index (χ0v) is 12.5. The lowest BCUT2D eigenvalue weighted by atomic mass is 10.1. The van der Waals surface area contributed by atoms with Crippen LogP contribution in [0, 0.1) is 0 Å². The van der Waals surface area contributed by atoms with Crippen LogP contribution in [0.4, 0.5) is 0 Å². The summed E-state index contributed by atoms with van der Waals surface area (Å²) < 4.78 is 0. The number of aliphatic hydroxyl groups excluding tert-OH is 2. The first-order valence-electron chi connectivity index (χ1n) is 7.39. The largest absolute Gasteiger partial charge is 0.393 e. The van der Waals surface area contributed by atoms with Crippen LogP contribution in [0.3, 0.4) is 0 Å². The Hall–Kier alpha value is -1.14. The number of carbonyl (C=O) groups is 2. The number of nitrogens with one attached hydrogen (secondary N) is 2. The van der Waals surface area contributed by atoms with Crippen molar-refractivity contribution < 1.29 is 19.8 Å². The van der Waals surface area contributed by atoms with Crippen molar-refractivity contribution in [1.82, 2.24) is 10.6 Å². The van der Waals surface area contributed by atoms with E-state index in [4.69, 9.17) is 0 Å². The minimum Gasteiger partial charge on any atom is -0.393 e. The molecule has 2 atom stereocenters. The molecule has 2 unspecified atom stereocenters. The summed E-state index contributed by atoms with van der Waals surface area (Å²) in [6, 6.07) is 0. The molecule has 0 fully saturated rings. The Morgan fingerprint density at radius 2 is 1.50 bits per heavy atom. The molecule has 0 spiro atoms. The van der Waals surface area contributed by atoms with Crippen molar-refractivity contribution in [2.45, 2.75) is 64.6 Å². The van der Waals surface area contributed by atoms with E-state index in [1.54, 1.807) is 0 Å². The molecule has 6 nitrogen and oxygen atoms in total. The van der Waals surface area contributed by atoms with Crippen molar-refractivity contribution in [3.8, 4) is 0 Å². The van der Waals surface area contributed by atoms with Crippen molar-refractivity contribution in [1.29, 1.82) is 0 Å². The zero-order valence-electron chi connectivity index (χ0n) is 12.5. The fourth-order valence-corrected chi connectivity index (χ4v) is 1.65. The highest BCUT2D eigenvalue weighted by molar-refractivity contribution is 5.83. The van der Waals surface area contributed by atoms with Gasteiger partial charge in [-0.25, -0.2) is 0 Å². The SMILES string of the molecule is CCCNC(=O)CCC(=O)NCCC(O)CC(O)CC. The lowest BCUT2D eigenvalue weighted by Crippen LogP contribution is -2.30. The zero-order chi connectivity index (χ0) is 15.4. The maximum atomic E-state index is 11.5. The van der Waals surface area contributed by atoms with Gasteiger partial charge in [0.05, 0.1) is 12.2 Å². The standard InChI is InChI=1S/C14H28N2O4/c1-3-8-15-13(19)5-6-14(20)16-9-7-12(18)10-11(17)4-2/h11-12,17-18H,3-10H2,1-2H3,(H,15,19)(H,16,20). The van der Waals surface area contributed by atoms with Gasteiger partial charge in [-0.05, 0) is 25.7 Å². The predicted octanol–water partition coefficient (Wildman–Crippen LogP) is 0.321. The maximum Gasteiger partial charge on any atom is 0.220 e. The van der Waals surface area contributed by atoms with Crippen LogP contribution in [-0.2, 0) is 9.59 Å². The van der Waals surface area contributed by atoms with E-state index in [0.717, 1.165) is 6.42 Å². The smallest absolute Gasteiger partial charge is 0.220 e. The normalized spacial score (nSPS) is 13.6. The third kappa shape index (κ3) is 10.8. The van der Waals surface area contributed by atoms with Crippen molar-refractivity contribution >= 4 is 11.8 Å². The van der Waals surface area contributed by atoms with Crippen LogP contribution in [0.1, 0.15) is 52.4 Å². The third-order valence-corrected chi connectivity index (χ3v) is 2.97.